The van der Waals surface area contributed by atoms with E-state index in [-0.39, 0.29) is 17.3 Å². The van der Waals surface area contributed by atoms with Gasteiger partial charge < -0.3 is 9.84 Å². The van der Waals surface area contributed by atoms with E-state index in [4.69, 9.17) is 15.1 Å². The Morgan fingerprint density at radius 1 is 1.40 bits per heavy atom. The number of benzene rings is 1. The molecule has 0 radical (unpaired) electrons. The molecule has 2 rings (SSSR count). The van der Waals surface area contributed by atoms with Gasteiger partial charge in [-0.2, -0.15) is 10.2 Å². The van der Waals surface area contributed by atoms with Crippen LogP contribution in [0, 0.1) is 21.8 Å². The predicted octanol–water partition coefficient (Wildman–Crippen LogP) is 2.75. The molecule has 0 aliphatic heterocycles. The van der Waals surface area contributed by atoms with Crippen LogP contribution in [0.5, 0.6) is 11.8 Å². The first-order valence-corrected chi connectivity index (χ1v) is 6.54. The van der Waals surface area contributed by atoms with Crippen molar-refractivity contribution >= 4 is 28.6 Å². The topological polar surface area (TPSA) is 96.1 Å². The molecule has 7 heteroatoms. The molecule has 0 bridgehead atoms. The normalized spacial score (nSPS) is 9.85. The van der Waals surface area contributed by atoms with Crippen LogP contribution >= 0.6 is 22.6 Å². The SMILES string of the molecule is Cc1cc(C#N)nc(Oc2cc(C(=O)O)ccc2I)n1. The molecule has 0 saturated heterocycles. The maximum absolute atomic E-state index is 10.9. The van der Waals surface area contributed by atoms with E-state index >= 15 is 0 Å². The maximum atomic E-state index is 10.9. The van der Waals surface area contributed by atoms with Gasteiger partial charge in [-0.3, -0.25) is 0 Å². The summed E-state index contributed by atoms with van der Waals surface area (Å²) >= 11 is 2.02. The standard InChI is InChI=1S/C13H8IN3O3/c1-7-4-9(6-15)17-13(16-7)20-11-5-8(12(18)19)2-3-10(11)14/h2-5H,1H3,(H,18,19). The third-order valence-electron chi connectivity index (χ3n) is 2.33. The Hall–Kier alpha value is -2.21. The summed E-state index contributed by atoms with van der Waals surface area (Å²) in [6, 6.07) is 7.96. The number of aromatic nitrogens is 2. The number of hydrogen-bond donors (Lipinski definition) is 1. The first-order chi connectivity index (χ1) is 9.49. The molecule has 0 spiro atoms. The van der Waals surface area contributed by atoms with Crippen LogP contribution < -0.4 is 4.74 Å². The van der Waals surface area contributed by atoms with Gasteiger partial charge in [-0.25, -0.2) is 9.78 Å². The van der Waals surface area contributed by atoms with Gasteiger partial charge in [0.15, 0.2) is 0 Å². The third kappa shape index (κ3) is 3.21. The Morgan fingerprint density at radius 3 is 2.80 bits per heavy atom. The lowest BCUT2D eigenvalue weighted by molar-refractivity contribution is 0.0696. The average molecular weight is 381 g/mol. The summed E-state index contributed by atoms with van der Waals surface area (Å²) in [7, 11) is 0. The molecule has 1 heterocycles. The molecule has 0 saturated carbocycles. The molecular weight excluding hydrogens is 373 g/mol. The van der Waals surface area contributed by atoms with Crippen LogP contribution in [0.2, 0.25) is 0 Å². The van der Waals surface area contributed by atoms with Crippen LogP contribution in [-0.2, 0) is 0 Å². The fraction of sp³-hybridized carbons (Fsp3) is 0.0769. The Kier molecular flexibility index (Phi) is 4.14. The van der Waals surface area contributed by atoms with E-state index < -0.39 is 5.97 Å². The molecule has 1 aromatic heterocycles. The largest absolute Gasteiger partial charge is 0.478 e. The zero-order chi connectivity index (χ0) is 14.7. The van der Waals surface area contributed by atoms with Crippen molar-refractivity contribution in [3.8, 4) is 17.8 Å². The molecule has 0 aliphatic carbocycles. The van der Waals surface area contributed by atoms with E-state index in [0.717, 1.165) is 3.57 Å². The Balaban J connectivity index is 2.39. The van der Waals surface area contributed by atoms with Crippen molar-refractivity contribution in [1.29, 1.82) is 5.26 Å². The summed E-state index contributed by atoms with van der Waals surface area (Å²) in [6.07, 6.45) is 0. The lowest BCUT2D eigenvalue weighted by Crippen LogP contribution is -2.00. The van der Waals surface area contributed by atoms with Crippen molar-refractivity contribution in [2.45, 2.75) is 6.92 Å². The van der Waals surface area contributed by atoms with Crippen LogP contribution in [0.25, 0.3) is 0 Å². The molecule has 0 amide bonds. The molecule has 0 atom stereocenters. The second-order valence-corrected chi connectivity index (χ2v) is 5.00. The van der Waals surface area contributed by atoms with Gasteiger partial charge in [0.25, 0.3) is 0 Å². The number of carboxylic acids is 1. The molecule has 0 fully saturated rings. The van der Waals surface area contributed by atoms with E-state index in [1.54, 1.807) is 13.0 Å². The van der Waals surface area contributed by atoms with Gasteiger partial charge in [0, 0.05) is 5.69 Å². The summed E-state index contributed by atoms with van der Waals surface area (Å²) in [5.41, 5.74) is 0.890. The summed E-state index contributed by atoms with van der Waals surface area (Å²) in [5.74, 6) is -0.714. The van der Waals surface area contributed by atoms with E-state index in [9.17, 15) is 4.79 Å². The minimum Gasteiger partial charge on any atom is -0.478 e. The predicted molar refractivity (Wildman–Crippen MR) is 77.7 cm³/mol. The quantitative estimate of drug-likeness (QED) is 0.822. The zero-order valence-electron chi connectivity index (χ0n) is 10.3. The van der Waals surface area contributed by atoms with Gasteiger partial charge in [0.1, 0.15) is 17.5 Å². The highest BCUT2D eigenvalue weighted by atomic mass is 127. The minimum absolute atomic E-state index is 0.0157. The highest BCUT2D eigenvalue weighted by Gasteiger charge is 2.11. The molecule has 20 heavy (non-hydrogen) atoms. The fourth-order valence-corrected chi connectivity index (χ4v) is 1.90. The smallest absolute Gasteiger partial charge is 0.335 e. The first-order valence-electron chi connectivity index (χ1n) is 5.46. The highest BCUT2D eigenvalue weighted by Crippen LogP contribution is 2.26. The monoisotopic (exact) mass is 381 g/mol. The van der Waals surface area contributed by atoms with Crippen LogP contribution in [-0.4, -0.2) is 21.0 Å². The minimum atomic E-state index is -1.05. The Bertz CT molecular complexity index is 725. The molecule has 0 unspecified atom stereocenters. The number of carbonyl (C=O) groups is 1. The van der Waals surface area contributed by atoms with E-state index in [0.29, 0.717) is 11.4 Å². The molecule has 1 aromatic carbocycles. The maximum Gasteiger partial charge on any atom is 0.335 e. The fourth-order valence-electron chi connectivity index (χ4n) is 1.46. The van der Waals surface area contributed by atoms with Crippen molar-refractivity contribution in [3.63, 3.8) is 0 Å². The molecule has 1 N–H and O–H groups in total. The molecule has 100 valence electrons. The molecule has 2 aromatic rings. The second-order valence-electron chi connectivity index (χ2n) is 3.84. The van der Waals surface area contributed by atoms with E-state index in [1.165, 1.54) is 18.2 Å². The lowest BCUT2D eigenvalue weighted by Gasteiger charge is -2.07. The zero-order valence-corrected chi connectivity index (χ0v) is 12.5. The van der Waals surface area contributed by atoms with Gasteiger partial charge in [0.05, 0.1) is 9.13 Å². The number of carboxylic acid groups (broad SMARTS) is 1. The Labute approximate surface area is 128 Å². The number of hydrogen-bond acceptors (Lipinski definition) is 5. The van der Waals surface area contributed by atoms with E-state index in [1.807, 2.05) is 28.7 Å². The van der Waals surface area contributed by atoms with Gasteiger partial charge in [-0.15, -0.1) is 0 Å². The van der Waals surface area contributed by atoms with Crippen molar-refractivity contribution in [2.75, 3.05) is 0 Å². The van der Waals surface area contributed by atoms with Gasteiger partial charge >= 0.3 is 12.0 Å². The summed E-state index contributed by atoms with van der Waals surface area (Å²) in [6.45, 7) is 1.72. The van der Waals surface area contributed by atoms with Crippen molar-refractivity contribution in [1.82, 2.24) is 9.97 Å². The number of rotatable bonds is 3. The van der Waals surface area contributed by atoms with Crippen molar-refractivity contribution in [2.24, 2.45) is 0 Å². The third-order valence-corrected chi connectivity index (χ3v) is 3.22. The number of nitrogens with zero attached hydrogens (tertiary/aromatic N) is 3. The van der Waals surface area contributed by atoms with Crippen molar-refractivity contribution < 1.29 is 14.6 Å². The summed E-state index contributed by atoms with van der Waals surface area (Å²) in [5, 5.41) is 17.8. The van der Waals surface area contributed by atoms with E-state index in [2.05, 4.69) is 9.97 Å². The average Bonchev–Trinajstić information content (AvgIpc) is 2.40. The number of aryl methyl sites for hydroxylation is 1. The van der Waals surface area contributed by atoms with Gasteiger partial charge in [-0.1, -0.05) is 0 Å². The lowest BCUT2D eigenvalue weighted by atomic mass is 10.2. The molecule has 6 nitrogen and oxygen atoms in total. The van der Waals surface area contributed by atoms with Gasteiger partial charge in [-0.05, 0) is 53.8 Å². The number of ether oxygens (including phenoxy) is 1. The Morgan fingerprint density at radius 2 is 2.15 bits per heavy atom. The summed E-state index contributed by atoms with van der Waals surface area (Å²) in [4.78, 5) is 18.9. The summed E-state index contributed by atoms with van der Waals surface area (Å²) < 4.78 is 6.20. The number of aromatic carboxylic acids is 1. The van der Waals surface area contributed by atoms with Crippen LogP contribution in [0.1, 0.15) is 21.7 Å². The van der Waals surface area contributed by atoms with Gasteiger partial charge in [0.2, 0.25) is 0 Å². The second kappa shape index (κ2) is 5.83. The van der Waals surface area contributed by atoms with Crippen LogP contribution in [0.15, 0.2) is 24.3 Å². The first kappa shape index (κ1) is 14.2. The number of halogens is 1. The number of nitriles is 1. The van der Waals surface area contributed by atoms with Crippen LogP contribution in [0.4, 0.5) is 0 Å². The highest BCUT2D eigenvalue weighted by molar-refractivity contribution is 14.1. The molecular formula is C13H8IN3O3. The molecule has 0 aliphatic rings. The van der Waals surface area contributed by atoms with Crippen LogP contribution in [0.3, 0.4) is 0 Å². The van der Waals surface area contributed by atoms with Crippen molar-refractivity contribution in [3.05, 3.63) is 44.8 Å².